The van der Waals surface area contributed by atoms with Crippen molar-refractivity contribution in [2.45, 2.75) is 12.3 Å². The number of hydrogen-bond donors (Lipinski definition) is 1. The number of halogens is 4. The minimum atomic E-state index is -4.38. The first-order valence-electron chi connectivity index (χ1n) is 8.88. The van der Waals surface area contributed by atoms with Gasteiger partial charge in [0.05, 0.1) is 5.56 Å². The Labute approximate surface area is 169 Å². The summed E-state index contributed by atoms with van der Waals surface area (Å²) in [7, 11) is 0. The summed E-state index contributed by atoms with van der Waals surface area (Å²) in [5.41, 5.74) is -0.746. The molecule has 1 aliphatic rings. The van der Waals surface area contributed by atoms with Crippen molar-refractivity contribution in [3.8, 4) is 5.75 Å². The van der Waals surface area contributed by atoms with Gasteiger partial charge in [-0.3, -0.25) is 4.90 Å². The highest BCUT2D eigenvalue weighted by Crippen LogP contribution is 2.29. The van der Waals surface area contributed by atoms with Crippen LogP contribution in [0.4, 0.5) is 19.0 Å². The van der Waals surface area contributed by atoms with Gasteiger partial charge < -0.3 is 14.7 Å². The van der Waals surface area contributed by atoms with Crippen LogP contribution in [0.25, 0.3) is 0 Å². The third kappa shape index (κ3) is 5.83. The zero-order chi connectivity index (χ0) is 20.1. The minimum Gasteiger partial charge on any atom is -0.491 e. The van der Waals surface area contributed by atoms with E-state index in [0.717, 1.165) is 16.7 Å². The number of alkyl halides is 3. The van der Waals surface area contributed by atoms with E-state index in [1.165, 1.54) is 6.07 Å². The first-order valence-corrected chi connectivity index (χ1v) is 9.67. The largest absolute Gasteiger partial charge is 0.491 e. The highest BCUT2D eigenvalue weighted by molar-refractivity contribution is 9.10. The van der Waals surface area contributed by atoms with Crippen molar-refractivity contribution in [3.05, 3.63) is 52.6 Å². The Balaban J connectivity index is 1.42. The lowest BCUT2D eigenvalue weighted by Crippen LogP contribution is -2.49. The number of aromatic nitrogens is 1. The van der Waals surface area contributed by atoms with Gasteiger partial charge in [-0.25, -0.2) is 4.98 Å². The van der Waals surface area contributed by atoms with E-state index in [-0.39, 0.29) is 6.61 Å². The number of β-amino-alcohol motifs (C(OH)–C–C–N with tert-alkyl or cyclic N) is 1. The molecule has 1 N–H and O–H groups in total. The van der Waals surface area contributed by atoms with Crippen LogP contribution >= 0.6 is 15.9 Å². The van der Waals surface area contributed by atoms with Gasteiger partial charge in [0.15, 0.2) is 0 Å². The number of rotatable bonds is 6. The van der Waals surface area contributed by atoms with Gasteiger partial charge in [0, 0.05) is 43.4 Å². The van der Waals surface area contributed by atoms with Crippen molar-refractivity contribution in [2.75, 3.05) is 44.2 Å². The number of nitrogens with zero attached hydrogens (tertiary/aromatic N) is 3. The van der Waals surface area contributed by atoms with Crippen molar-refractivity contribution < 1.29 is 23.0 Å². The third-order valence-corrected chi connectivity index (χ3v) is 5.03. The van der Waals surface area contributed by atoms with Crippen LogP contribution in [0.15, 0.2) is 47.1 Å². The Bertz CT molecular complexity index is 749. The number of piperazine rings is 1. The molecule has 0 saturated carbocycles. The van der Waals surface area contributed by atoms with Crippen LogP contribution in [0, 0.1) is 0 Å². The molecule has 1 atom stereocenters. The molecule has 28 heavy (non-hydrogen) atoms. The molecule has 1 unspecified atom stereocenters. The van der Waals surface area contributed by atoms with Crippen LogP contribution in [-0.2, 0) is 6.18 Å². The summed E-state index contributed by atoms with van der Waals surface area (Å²) in [6, 6.07) is 9.85. The van der Waals surface area contributed by atoms with Gasteiger partial charge in [0.2, 0.25) is 0 Å². The molecule has 0 bridgehead atoms. The fourth-order valence-electron chi connectivity index (χ4n) is 2.97. The van der Waals surface area contributed by atoms with Crippen molar-refractivity contribution in [2.24, 2.45) is 0 Å². The van der Waals surface area contributed by atoms with Crippen LogP contribution in [0.5, 0.6) is 5.75 Å². The second kappa shape index (κ2) is 9.11. The number of ether oxygens (including phenoxy) is 1. The number of pyridine rings is 1. The first kappa shape index (κ1) is 20.9. The Kier molecular flexibility index (Phi) is 6.79. The molecule has 1 fully saturated rings. The molecular weight excluding hydrogens is 439 g/mol. The lowest BCUT2D eigenvalue weighted by Gasteiger charge is -2.36. The van der Waals surface area contributed by atoms with Crippen LogP contribution < -0.4 is 9.64 Å². The molecule has 152 valence electrons. The van der Waals surface area contributed by atoms with E-state index in [9.17, 15) is 18.3 Å². The van der Waals surface area contributed by atoms with Gasteiger partial charge in [-0.2, -0.15) is 13.2 Å². The summed E-state index contributed by atoms with van der Waals surface area (Å²) in [5, 5.41) is 10.2. The molecule has 1 aromatic heterocycles. The summed E-state index contributed by atoms with van der Waals surface area (Å²) in [6.07, 6.45) is -4.14. The molecule has 1 saturated heterocycles. The van der Waals surface area contributed by atoms with Gasteiger partial charge in [0.25, 0.3) is 0 Å². The zero-order valence-corrected chi connectivity index (χ0v) is 16.7. The van der Waals surface area contributed by atoms with Gasteiger partial charge >= 0.3 is 6.18 Å². The lowest BCUT2D eigenvalue weighted by atomic mass is 10.2. The normalized spacial score (nSPS) is 16.8. The van der Waals surface area contributed by atoms with Crippen LogP contribution in [0.2, 0.25) is 0 Å². The van der Waals surface area contributed by atoms with Gasteiger partial charge in [0.1, 0.15) is 24.3 Å². The molecule has 5 nitrogen and oxygen atoms in total. The predicted molar refractivity (Wildman–Crippen MR) is 104 cm³/mol. The fourth-order valence-corrected chi connectivity index (χ4v) is 3.24. The summed E-state index contributed by atoms with van der Waals surface area (Å²) in [4.78, 5) is 7.99. The van der Waals surface area contributed by atoms with Crippen molar-refractivity contribution in [1.82, 2.24) is 9.88 Å². The van der Waals surface area contributed by atoms with Crippen LogP contribution in [-0.4, -0.2) is 60.4 Å². The number of aliphatic hydroxyl groups is 1. The SMILES string of the molecule is OC(COc1ccc(Br)cc1)CN1CCN(c2ccc(C(F)(F)F)cn2)CC1. The standard InChI is InChI=1S/C19H21BrF3N3O2/c20-15-2-4-17(5-3-15)28-13-16(27)12-25-7-9-26(10-8-25)18-6-1-14(11-24-18)19(21,22)23/h1-6,11,16,27H,7-10,12-13H2. The molecule has 2 heterocycles. The maximum atomic E-state index is 12.6. The molecule has 0 spiro atoms. The molecule has 2 aromatic rings. The van der Waals surface area contributed by atoms with Crippen molar-refractivity contribution in [3.63, 3.8) is 0 Å². The Hall–Kier alpha value is -1.84. The summed E-state index contributed by atoms with van der Waals surface area (Å²) in [6.45, 7) is 3.33. The number of benzene rings is 1. The van der Waals surface area contributed by atoms with Crippen LogP contribution in [0.1, 0.15) is 5.56 Å². The van der Waals surface area contributed by atoms with Crippen molar-refractivity contribution in [1.29, 1.82) is 0 Å². The topological polar surface area (TPSA) is 48.8 Å². The van der Waals surface area contributed by atoms with E-state index in [2.05, 4.69) is 25.8 Å². The molecule has 1 aliphatic heterocycles. The zero-order valence-electron chi connectivity index (χ0n) is 15.1. The molecular formula is C19H21BrF3N3O2. The maximum absolute atomic E-state index is 12.6. The molecule has 0 radical (unpaired) electrons. The predicted octanol–water partition coefficient (Wildman–Crippen LogP) is 3.42. The van der Waals surface area contributed by atoms with Crippen molar-refractivity contribution >= 4 is 21.7 Å². The molecule has 1 aromatic carbocycles. The fraction of sp³-hybridized carbons (Fsp3) is 0.421. The van der Waals surface area contributed by atoms with E-state index >= 15 is 0 Å². The quantitative estimate of drug-likeness (QED) is 0.716. The molecule has 3 rings (SSSR count). The van der Waals surface area contributed by atoms with E-state index in [1.807, 2.05) is 29.2 Å². The van der Waals surface area contributed by atoms with E-state index < -0.39 is 17.8 Å². The van der Waals surface area contributed by atoms with Crippen LogP contribution in [0.3, 0.4) is 0 Å². The Morgan fingerprint density at radius 1 is 1.07 bits per heavy atom. The Morgan fingerprint density at radius 3 is 2.32 bits per heavy atom. The molecule has 9 heteroatoms. The number of hydrogen-bond acceptors (Lipinski definition) is 5. The smallest absolute Gasteiger partial charge is 0.417 e. The summed E-state index contributed by atoms with van der Waals surface area (Å²) < 4.78 is 44.4. The first-order chi connectivity index (χ1) is 13.3. The minimum absolute atomic E-state index is 0.197. The average Bonchev–Trinajstić information content (AvgIpc) is 2.68. The van der Waals surface area contributed by atoms with E-state index in [0.29, 0.717) is 44.3 Å². The van der Waals surface area contributed by atoms with E-state index in [1.54, 1.807) is 0 Å². The van der Waals surface area contributed by atoms with Gasteiger partial charge in [-0.05, 0) is 36.4 Å². The monoisotopic (exact) mass is 459 g/mol. The van der Waals surface area contributed by atoms with Gasteiger partial charge in [-0.1, -0.05) is 15.9 Å². The maximum Gasteiger partial charge on any atom is 0.417 e. The molecule has 0 aliphatic carbocycles. The molecule has 0 amide bonds. The average molecular weight is 460 g/mol. The van der Waals surface area contributed by atoms with Gasteiger partial charge in [-0.15, -0.1) is 0 Å². The highest BCUT2D eigenvalue weighted by atomic mass is 79.9. The summed E-state index contributed by atoms with van der Waals surface area (Å²) in [5.74, 6) is 1.23. The van der Waals surface area contributed by atoms with E-state index in [4.69, 9.17) is 4.74 Å². The third-order valence-electron chi connectivity index (χ3n) is 4.50. The number of anilines is 1. The summed E-state index contributed by atoms with van der Waals surface area (Å²) >= 11 is 3.36. The highest BCUT2D eigenvalue weighted by Gasteiger charge is 2.31. The Morgan fingerprint density at radius 2 is 1.75 bits per heavy atom. The number of aliphatic hydroxyl groups excluding tert-OH is 1. The second-order valence-corrected chi connectivity index (χ2v) is 7.52. The second-order valence-electron chi connectivity index (χ2n) is 6.61. The lowest BCUT2D eigenvalue weighted by molar-refractivity contribution is -0.137.